The van der Waals surface area contributed by atoms with Crippen molar-refractivity contribution in [1.29, 1.82) is 0 Å². The molecular weight excluding hydrogens is 164 g/mol. The van der Waals surface area contributed by atoms with E-state index in [-0.39, 0.29) is 11.6 Å². The van der Waals surface area contributed by atoms with Gasteiger partial charge in [0.1, 0.15) is 0 Å². The summed E-state index contributed by atoms with van der Waals surface area (Å²) in [7, 11) is 0. The van der Waals surface area contributed by atoms with Gasteiger partial charge in [0.2, 0.25) is 0 Å². The zero-order valence-electron chi connectivity index (χ0n) is 5.03. The van der Waals surface area contributed by atoms with E-state index >= 15 is 0 Å². The number of hydrogen-bond donors (Lipinski definition) is 1. The van der Waals surface area contributed by atoms with Crippen molar-refractivity contribution in [1.82, 2.24) is 5.32 Å². The molecule has 0 aliphatic heterocycles. The molecule has 0 aliphatic carbocycles. The number of rotatable bonds is 3. The van der Waals surface area contributed by atoms with E-state index < -0.39 is 12.3 Å². The highest BCUT2D eigenvalue weighted by atomic mass is 35.5. The molecule has 10 heavy (non-hydrogen) atoms. The van der Waals surface area contributed by atoms with Gasteiger partial charge in [-0.1, -0.05) is 18.2 Å². The van der Waals surface area contributed by atoms with Crippen molar-refractivity contribution in [3.05, 3.63) is 11.6 Å². The van der Waals surface area contributed by atoms with Crippen LogP contribution < -0.4 is 5.32 Å². The lowest BCUT2D eigenvalue weighted by atomic mass is 10.5. The van der Waals surface area contributed by atoms with Crippen molar-refractivity contribution >= 4 is 17.5 Å². The molecule has 0 spiro atoms. The molecule has 0 bridgehead atoms. The van der Waals surface area contributed by atoms with Crippen LogP contribution in [-0.2, 0) is 4.79 Å². The summed E-state index contributed by atoms with van der Waals surface area (Å²) in [4.78, 5) is 10.1. The molecule has 0 rings (SSSR count). The third kappa shape index (κ3) is 4.26. The maximum atomic E-state index is 11.4. The summed E-state index contributed by atoms with van der Waals surface area (Å²) in [5.41, 5.74) is 0. The average Bonchev–Trinajstić information content (AvgIpc) is 1.82. The lowest BCUT2D eigenvalue weighted by Crippen LogP contribution is -2.30. The molecule has 0 aliphatic rings. The monoisotopic (exact) mass is 169 g/mol. The van der Waals surface area contributed by atoms with Crippen LogP contribution in [0.4, 0.5) is 8.78 Å². The van der Waals surface area contributed by atoms with Gasteiger partial charge in [-0.3, -0.25) is 4.79 Å². The molecule has 2 nitrogen and oxygen atoms in total. The van der Waals surface area contributed by atoms with Crippen molar-refractivity contribution in [3.8, 4) is 0 Å². The SMILES string of the molecule is C=C(Cl)CNC(=O)C(F)F. The molecular formula is C5H6ClF2NO. The highest BCUT2D eigenvalue weighted by Gasteiger charge is 2.13. The topological polar surface area (TPSA) is 29.1 Å². The number of alkyl halides is 2. The smallest absolute Gasteiger partial charge is 0.315 e. The molecule has 0 fully saturated rings. The first-order valence-corrected chi connectivity index (χ1v) is 2.81. The quantitative estimate of drug-likeness (QED) is 0.674. The van der Waals surface area contributed by atoms with E-state index in [1.807, 2.05) is 5.32 Å². The van der Waals surface area contributed by atoms with Crippen molar-refractivity contribution < 1.29 is 13.6 Å². The third-order valence-electron chi connectivity index (χ3n) is 0.653. The second-order valence-corrected chi connectivity index (χ2v) is 2.07. The predicted molar refractivity (Wildman–Crippen MR) is 34.0 cm³/mol. The van der Waals surface area contributed by atoms with E-state index in [9.17, 15) is 13.6 Å². The molecule has 1 N–H and O–H groups in total. The molecule has 0 atom stereocenters. The molecule has 58 valence electrons. The summed E-state index contributed by atoms with van der Waals surface area (Å²) in [5, 5.41) is 1.98. The third-order valence-corrected chi connectivity index (χ3v) is 0.786. The molecule has 5 heteroatoms. The van der Waals surface area contributed by atoms with Crippen LogP contribution in [-0.4, -0.2) is 18.9 Å². The fraction of sp³-hybridized carbons (Fsp3) is 0.400. The molecule has 1 amide bonds. The normalized spacial score (nSPS) is 9.60. The highest BCUT2D eigenvalue weighted by Crippen LogP contribution is 1.95. The van der Waals surface area contributed by atoms with Crippen molar-refractivity contribution in [3.63, 3.8) is 0 Å². The van der Waals surface area contributed by atoms with Gasteiger partial charge in [0.05, 0.1) is 6.54 Å². The molecule has 0 unspecified atom stereocenters. The van der Waals surface area contributed by atoms with Crippen LogP contribution in [0, 0.1) is 0 Å². The second-order valence-electron chi connectivity index (χ2n) is 1.54. The minimum atomic E-state index is -2.99. The van der Waals surface area contributed by atoms with E-state index in [0.29, 0.717) is 0 Å². The van der Waals surface area contributed by atoms with Crippen LogP contribution in [0.2, 0.25) is 0 Å². The number of amides is 1. The number of nitrogens with one attached hydrogen (secondary N) is 1. The molecule has 0 radical (unpaired) electrons. The second kappa shape index (κ2) is 4.22. The number of carbonyl (C=O) groups excluding carboxylic acids is 1. The van der Waals surface area contributed by atoms with Gasteiger partial charge in [0, 0.05) is 5.03 Å². The summed E-state index contributed by atoms with van der Waals surface area (Å²) in [5.74, 6) is -1.33. The average molecular weight is 170 g/mol. The lowest BCUT2D eigenvalue weighted by Gasteiger charge is -2.00. The van der Waals surface area contributed by atoms with Crippen molar-refractivity contribution in [2.45, 2.75) is 6.43 Å². The lowest BCUT2D eigenvalue weighted by molar-refractivity contribution is -0.131. The van der Waals surface area contributed by atoms with Crippen LogP contribution in [0.25, 0.3) is 0 Å². The van der Waals surface area contributed by atoms with Gasteiger partial charge >= 0.3 is 6.43 Å². The Bertz CT molecular complexity index is 149. The maximum Gasteiger partial charge on any atom is 0.315 e. The van der Waals surface area contributed by atoms with Crippen LogP contribution in [0.15, 0.2) is 11.6 Å². The van der Waals surface area contributed by atoms with Gasteiger partial charge in [-0.2, -0.15) is 8.78 Å². The Balaban J connectivity index is 3.50. The van der Waals surface area contributed by atoms with Crippen LogP contribution in [0.3, 0.4) is 0 Å². The van der Waals surface area contributed by atoms with Gasteiger partial charge in [-0.15, -0.1) is 0 Å². The summed E-state index contributed by atoms with van der Waals surface area (Å²) in [6, 6.07) is 0. The van der Waals surface area contributed by atoms with E-state index in [4.69, 9.17) is 11.6 Å². The zero-order valence-corrected chi connectivity index (χ0v) is 5.79. The number of hydrogen-bond acceptors (Lipinski definition) is 1. The Labute approximate surface area is 61.9 Å². The van der Waals surface area contributed by atoms with Crippen LogP contribution in [0.5, 0.6) is 0 Å². The van der Waals surface area contributed by atoms with Crippen LogP contribution in [0.1, 0.15) is 0 Å². The van der Waals surface area contributed by atoms with Gasteiger partial charge in [0.25, 0.3) is 5.91 Å². The zero-order chi connectivity index (χ0) is 8.15. The molecule has 0 aromatic heterocycles. The minimum absolute atomic E-state index is 0.119. The van der Waals surface area contributed by atoms with Crippen molar-refractivity contribution in [2.75, 3.05) is 6.54 Å². The van der Waals surface area contributed by atoms with E-state index in [1.165, 1.54) is 0 Å². The predicted octanol–water partition coefficient (Wildman–Crippen LogP) is 1.12. The number of halogens is 3. The Morgan fingerprint density at radius 2 is 2.20 bits per heavy atom. The summed E-state index contributed by atoms with van der Waals surface area (Å²) < 4.78 is 22.8. The van der Waals surface area contributed by atoms with E-state index in [0.717, 1.165) is 0 Å². The first-order valence-electron chi connectivity index (χ1n) is 2.43. The van der Waals surface area contributed by atoms with E-state index in [1.54, 1.807) is 0 Å². The summed E-state index contributed by atoms with van der Waals surface area (Å²) in [6.07, 6.45) is -2.99. The Kier molecular flexibility index (Phi) is 3.95. The molecule has 0 aromatic rings. The first-order chi connectivity index (χ1) is 4.54. The first kappa shape index (κ1) is 9.36. The highest BCUT2D eigenvalue weighted by molar-refractivity contribution is 6.29. The summed E-state index contributed by atoms with van der Waals surface area (Å²) in [6.45, 7) is 3.07. The van der Waals surface area contributed by atoms with Crippen molar-refractivity contribution in [2.24, 2.45) is 0 Å². The Morgan fingerprint density at radius 3 is 2.50 bits per heavy atom. The van der Waals surface area contributed by atoms with Gasteiger partial charge < -0.3 is 5.32 Å². The summed E-state index contributed by atoms with van der Waals surface area (Å²) >= 11 is 5.17. The maximum absolute atomic E-state index is 11.4. The molecule has 0 saturated carbocycles. The molecule has 0 saturated heterocycles. The van der Waals surface area contributed by atoms with Gasteiger partial charge in [-0.25, -0.2) is 0 Å². The van der Waals surface area contributed by atoms with E-state index in [2.05, 4.69) is 6.58 Å². The van der Waals surface area contributed by atoms with Gasteiger partial charge in [0.15, 0.2) is 0 Å². The fourth-order valence-electron chi connectivity index (χ4n) is 0.260. The number of carbonyl (C=O) groups is 1. The minimum Gasteiger partial charge on any atom is -0.346 e. The van der Waals surface area contributed by atoms with Gasteiger partial charge in [-0.05, 0) is 0 Å². The largest absolute Gasteiger partial charge is 0.346 e. The van der Waals surface area contributed by atoms with Crippen LogP contribution >= 0.6 is 11.6 Å². The molecule has 0 aromatic carbocycles. The molecule has 0 heterocycles. The fourth-order valence-corrected chi connectivity index (χ4v) is 0.327. The Morgan fingerprint density at radius 1 is 1.70 bits per heavy atom. The Hall–Kier alpha value is -0.640. The standard InChI is InChI=1S/C5H6ClF2NO/c1-3(6)2-9-5(10)4(7)8/h4H,1-2H2,(H,9,10).